The first-order valence-corrected chi connectivity index (χ1v) is 9.83. The summed E-state index contributed by atoms with van der Waals surface area (Å²) < 4.78 is 5.97. The minimum Gasteiger partial charge on any atom is -0.482 e. The minimum absolute atomic E-state index is 0.0458. The standard InChI is InChI=1S/C23H29NO2/c1-2-7-22(26-21-11-6-10-20(24)16-21)23(25)19-14-12-18(13-15-19)17-8-4-3-5-9-17/h6,10-17,22H,2-5,7-9,24H2,1H3. The number of carbonyl (C=O) groups excluding carboxylic acids is 1. The molecule has 0 aromatic heterocycles. The number of anilines is 1. The van der Waals surface area contributed by atoms with E-state index in [4.69, 9.17) is 10.5 Å². The number of Topliss-reactive ketones (excluding diaryl/α,β-unsaturated/α-hetero) is 1. The third-order valence-corrected chi connectivity index (χ3v) is 5.25. The molecule has 138 valence electrons. The molecule has 2 aromatic rings. The van der Waals surface area contributed by atoms with Gasteiger partial charge in [-0.2, -0.15) is 0 Å². The highest BCUT2D eigenvalue weighted by molar-refractivity contribution is 5.99. The number of hydrogen-bond acceptors (Lipinski definition) is 3. The number of hydrogen-bond donors (Lipinski definition) is 1. The van der Waals surface area contributed by atoms with Gasteiger partial charge in [-0.05, 0) is 42.9 Å². The molecule has 1 aliphatic rings. The zero-order chi connectivity index (χ0) is 18.4. The third kappa shape index (κ3) is 4.66. The van der Waals surface area contributed by atoms with Crippen molar-refractivity contribution in [1.82, 2.24) is 0 Å². The summed E-state index contributed by atoms with van der Waals surface area (Å²) in [7, 11) is 0. The first-order chi connectivity index (χ1) is 12.7. The van der Waals surface area contributed by atoms with Gasteiger partial charge in [-0.3, -0.25) is 4.79 Å². The molecule has 0 amide bonds. The molecule has 1 unspecified atom stereocenters. The van der Waals surface area contributed by atoms with E-state index in [1.807, 2.05) is 30.3 Å². The van der Waals surface area contributed by atoms with Crippen LogP contribution in [0.25, 0.3) is 0 Å². The molecule has 1 fully saturated rings. The van der Waals surface area contributed by atoms with Crippen molar-refractivity contribution in [2.45, 2.75) is 63.9 Å². The number of rotatable bonds is 7. The number of benzene rings is 2. The van der Waals surface area contributed by atoms with Crippen LogP contribution in [0.15, 0.2) is 48.5 Å². The van der Waals surface area contributed by atoms with Crippen molar-refractivity contribution in [2.24, 2.45) is 0 Å². The van der Waals surface area contributed by atoms with Gasteiger partial charge in [0.15, 0.2) is 6.10 Å². The monoisotopic (exact) mass is 351 g/mol. The van der Waals surface area contributed by atoms with Gasteiger partial charge in [0.25, 0.3) is 0 Å². The van der Waals surface area contributed by atoms with E-state index >= 15 is 0 Å². The summed E-state index contributed by atoms with van der Waals surface area (Å²) >= 11 is 0. The number of ketones is 1. The molecule has 1 atom stereocenters. The molecular formula is C23H29NO2. The van der Waals surface area contributed by atoms with E-state index in [2.05, 4.69) is 19.1 Å². The first kappa shape index (κ1) is 18.5. The Bertz CT molecular complexity index is 717. The highest BCUT2D eigenvalue weighted by Gasteiger charge is 2.22. The Hall–Kier alpha value is -2.29. The van der Waals surface area contributed by atoms with E-state index in [0.29, 0.717) is 23.8 Å². The van der Waals surface area contributed by atoms with Crippen molar-refractivity contribution in [3.63, 3.8) is 0 Å². The molecule has 0 spiro atoms. The average molecular weight is 351 g/mol. The molecule has 0 heterocycles. The Morgan fingerprint density at radius 2 is 1.85 bits per heavy atom. The van der Waals surface area contributed by atoms with Crippen molar-refractivity contribution in [3.05, 3.63) is 59.7 Å². The lowest BCUT2D eigenvalue weighted by atomic mass is 9.83. The first-order valence-electron chi connectivity index (χ1n) is 9.83. The summed E-state index contributed by atoms with van der Waals surface area (Å²) in [5.74, 6) is 1.35. The fourth-order valence-electron chi connectivity index (χ4n) is 3.80. The zero-order valence-electron chi connectivity index (χ0n) is 15.6. The van der Waals surface area contributed by atoms with Gasteiger partial charge in [-0.1, -0.05) is 62.9 Å². The molecule has 26 heavy (non-hydrogen) atoms. The van der Waals surface area contributed by atoms with Gasteiger partial charge >= 0.3 is 0 Å². The van der Waals surface area contributed by atoms with E-state index in [-0.39, 0.29) is 5.78 Å². The second-order valence-corrected chi connectivity index (χ2v) is 7.29. The van der Waals surface area contributed by atoms with Gasteiger partial charge in [-0.15, -0.1) is 0 Å². The Morgan fingerprint density at radius 3 is 2.50 bits per heavy atom. The lowest BCUT2D eigenvalue weighted by molar-refractivity contribution is 0.0777. The van der Waals surface area contributed by atoms with E-state index in [0.717, 1.165) is 12.0 Å². The summed E-state index contributed by atoms with van der Waals surface area (Å²) in [5, 5.41) is 0. The van der Waals surface area contributed by atoms with E-state index in [1.165, 1.54) is 37.7 Å². The molecule has 3 nitrogen and oxygen atoms in total. The molecule has 0 bridgehead atoms. The number of nitrogens with two attached hydrogens (primary N) is 1. The SMILES string of the molecule is CCCC(Oc1cccc(N)c1)C(=O)c1ccc(C2CCCCC2)cc1. The third-order valence-electron chi connectivity index (χ3n) is 5.25. The molecule has 3 rings (SSSR count). The van der Waals surface area contributed by atoms with Gasteiger partial charge in [-0.25, -0.2) is 0 Å². The van der Waals surface area contributed by atoms with Gasteiger partial charge in [0, 0.05) is 17.3 Å². The number of carbonyl (C=O) groups is 1. The zero-order valence-corrected chi connectivity index (χ0v) is 15.6. The Kier molecular flexibility index (Phi) is 6.32. The number of ether oxygens (including phenoxy) is 1. The predicted molar refractivity (Wildman–Crippen MR) is 107 cm³/mol. The van der Waals surface area contributed by atoms with Crippen LogP contribution >= 0.6 is 0 Å². The van der Waals surface area contributed by atoms with Gasteiger partial charge in [0.2, 0.25) is 5.78 Å². The highest BCUT2D eigenvalue weighted by atomic mass is 16.5. The topological polar surface area (TPSA) is 52.3 Å². The maximum absolute atomic E-state index is 13.0. The van der Waals surface area contributed by atoms with Crippen LogP contribution in [-0.4, -0.2) is 11.9 Å². The lowest BCUT2D eigenvalue weighted by Crippen LogP contribution is -2.27. The van der Waals surface area contributed by atoms with Crippen molar-refractivity contribution >= 4 is 11.5 Å². The smallest absolute Gasteiger partial charge is 0.203 e. The fourth-order valence-corrected chi connectivity index (χ4v) is 3.80. The van der Waals surface area contributed by atoms with Crippen molar-refractivity contribution in [2.75, 3.05) is 5.73 Å². The molecule has 2 N–H and O–H groups in total. The minimum atomic E-state index is -0.470. The van der Waals surface area contributed by atoms with Crippen LogP contribution in [0.4, 0.5) is 5.69 Å². The molecule has 1 aliphatic carbocycles. The molecule has 0 saturated heterocycles. The summed E-state index contributed by atoms with van der Waals surface area (Å²) in [5.41, 5.74) is 8.55. The van der Waals surface area contributed by atoms with Crippen LogP contribution in [0.5, 0.6) is 5.75 Å². The van der Waals surface area contributed by atoms with Gasteiger partial charge in [0.05, 0.1) is 0 Å². The Labute approximate surface area is 156 Å². The second kappa shape index (κ2) is 8.88. The van der Waals surface area contributed by atoms with Crippen molar-refractivity contribution in [3.8, 4) is 5.75 Å². The van der Waals surface area contributed by atoms with Crippen LogP contribution in [0.1, 0.15) is 73.7 Å². The maximum Gasteiger partial charge on any atom is 0.203 e. The second-order valence-electron chi connectivity index (χ2n) is 7.29. The molecule has 2 aromatic carbocycles. The highest BCUT2D eigenvalue weighted by Crippen LogP contribution is 2.32. The molecule has 1 saturated carbocycles. The van der Waals surface area contributed by atoms with Crippen LogP contribution < -0.4 is 10.5 Å². The average Bonchev–Trinajstić information content (AvgIpc) is 2.68. The number of nitrogen functional groups attached to an aromatic ring is 1. The van der Waals surface area contributed by atoms with E-state index < -0.39 is 6.10 Å². The molecule has 0 aliphatic heterocycles. The summed E-state index contributed by atoms with van der Waals surface area (Å²) in [6.45, 7) is 2.06. The summed E-state index contributed by atoms with van der Waals surface area (Å²) in [6, 6.07) is 15.5. The van der Waals surface area contributed by atoms with Crippen molar-refractivity contribution in [1.29, 1.82) is 0 Å². The van der Waals surface area contributed by atoms with E-state index in [9.17, 15) is 4.79 Å². The normalized spacial score (nSPS) is 16.2. The van der Waals surface area contributed by atoms with Gasteiger partial charge in [0.1, 0.15) is 5.75 Å². The van der Waals surface area contributed by atoms with Crippen LogP contribution in [0.2, 0.25) is 0 Å². The molecule has 0 radical (unpaired) electrons. The summed E-state index contributed by atoms with van der Waals surface area (Å²) in [6.07, 6.45) is 7.64. The van der Waals surface area contributed by atoms with E-state index in [1.54, 1.807) is 6.07 Å². The summed E-state index contributed by atoms with van der Waals surface area (Å²) in [4.78, 5) is 13.0. The lowest BCUT2D eigenvalue weighted by Gasteiger charge is -2.22. The molecular weight excluding hydrogens is 322 g/mol. The van der Waals surface area contributed by atoms with Crippen LogP contribution in [-0.2, 0) is 0 Å². The fraction of sp³-hybridized carbons (Fsp3) is 0.435. The van der Waals surface area contributed by atoms with Crippen molar-refractivity contribution < 1.29 is 9.53 Å². The quantitative estimate of drug-likeness (QED) is 0.510. The predicted octanol–water partition coefficient (Wildman–Crippen LogP) is 5.75. The molecule has 3 heteroatoms. The van der Waals surface area contributed by atoms with Crippen LogP contribution in [0, 0.1) is 0 Å². The Balaban J connectivity index is 1.71. The maximum atomic E-state index is 13.0. The van der Waals surface area contributed by atoms with Crippen LogP contribution in [0.3, 0.4) is 0 Å². The largest absolute Gasteiger partial charge is 0.482 e. The van der Waals surface area contributed by atoms with Gasteiger partial charge < -0.3 is 10.5 Å². The Morgan fingerprint density at radius 1 is 1.12 bits per heavy atom.